The first-order valence-corrected chi connectivity index (χ1v) is 11.0. The van der Waals surface area contributed by atoms with Crippen LogP contribution in [0.1, 0.15) is 56.3 Å². The Hall–Kier alpha value is -3.09. The summed E-state index contributed by atoms with van der Waals surface area (Å²) in [5.41, 5.74) is 0.960. The fraction of sp³-hybridized carbons (Fsp3) is 0.417. The minimum atomic E-state index is -0.327. The molecular formula is C24H27FN4O2. The topological polar surface area (TPSA) is 76.9 Å². The highest BCUT2D eigenvalue weighted by Gasteiger charge is 2.17. The van der Waals surface area contributed by atoms with Crippen molar-refractivity contribution in [2.75, 3.05) is 0 Å². The van der Waals surface area contributed by atoms with E-state index in [4.69, 9.17) is 0 Å². The second-order valence-corrected chi connectivity index (χ2v) is 8.18. The average molecular weight is 423 g/mol. The van der Waals surface area contributed by atoms with Crippen molar-refractivity contribution in [3.05, 3.63) is 70.2 Å². The molecule has 7 heteroatoms. The number of nitrogens with one attached hydrogen (secondary N) is 1. The lowest BCUT2D eigenvalue weighted by atomic mass is 10.1. The highest BCUT2D eigenvalue weighted by Crippen LogP contribution is 2.17. The molecule has 31 heavy (non-hydrogen) atoms. The molecule has 0 radical (unpaired) electrons. The number of aromatic nitrogens is 3. The van der Waals surface area contributed by atoms with E-state index in [0.717, 1.165) is 31.2 Å². The lowest BCUT2D eigenvalue weighted by Crippen LogP contribution is -2.35. The molecule has 4 rings (SSSR count). The van der Waals surface area contributed by atoms with Crippen LogP contribution in [0.4, 0.5) is 4.39 Å². The zero-order valence-corrected chi connectivity index (χ0v) is 17.5. The van der Waals surface area contributed by atoms with Gasteiger partial charge in [-0.3, -0.25) is 14.2 Å². The second kappa shape index (κ2) is 9.81. The lowest BCUT2D eigenvalue weighted by molar-refractivity contribution is -0.121. The number of pyridine rings is 1. The Bertz CT molecular complexity index is 1100. The molecule has 1 saturated carbocycles. The maximum Gasteiger partial charge on any atom is 0.263 e. The molecule has 1 aromatic carbocycles. The number of amides is 1. The van der Waals surface area contributed by atoms with E-state index in [1.165, 1.54) is 25.0 Å². The van der Waals surface area contributed by atoms with Crippen molar-refractivity contribution in [3.8, 4) is 0 Å². The molecule has 0 atom stereocenters. The van der Waals surface area contributed by atoms with Crippen LogP contribution in [0.5, 0.6) is 0 Å². The Labute approximate surface area is 180 Å². The van der Waals surface area contributed by atoms with Crippen LogP contribution >= 0.6 is 0 Å². The Morgan fingerprint density at radius 1 is 1.10 bits per heavy atom. The van der Waals surface area contributed by atoms with Gasteiger partial charge in [-0.25, -0.2) is 14.4 Å². The Kier molecular flexibility index (Phi) is 6.70. The van der Waals surface area contributed by atoms with Crippen molar-refractivity contribution in [2.24, 2.45) is 0 Å². The van der Waals surface area contributed by atoms with Crippen molar-refractivity contribution < 1.29 is 9.18 Å². The Morgan fingerprint density at radius 2 is 1.84 bits per heavy atom. The molecule has 3 aromatic rings. The molecule has 2 heterocycles. The third kappa shape index (κ3) is 5.34. The fourth-order valence-corrected chi connectivity index (χ4v) is 4.17. The zero-order chi connectivity index (χ0) is 21.6. The number of rotatable bonds is 6. The van der Waals surface area contributed by atoms with Crippen LogP contribution in [0, 0.1) is 5.82 Å². The predicted octanol–water partition coefficient (Wildman–Crippen LogP) is 3.75. The molecule has 0 spiro atoms. The molecule has 0 saturated heterocycles. The minimum Gasteiger partial charge on any atom is -0.353 e. The molecule has 1 fully saturated rings. The summed E-state index contributed by atoms with van der Waals surface area (Å²) >= 11 is 0. The van der Waals surface area contributed by atoms with E-state index in [2.05, 4.69) is 15.3 Å². The first-order chi connectivity index (χ1) is 15.1. The second-order valence-electron chi connectivity index (χ2n) is 8.18. The molecule has 0 aliphatic heterocycles. The fourth-order valence-electron chi connectivity index (χ4n) is 4.17. The molecule has 1 N–H and O–H groups in total. The number of hydrogen-bond donors (Lipinski definition) is 1. The maximum absolute atomic E-state index is 13.3. The van der Waals surface area contributed by atoms with Gasteiger partial charge in [-0.2, -0.15) is 0 Å². The van der Waals surface area contributed by atoms with E-state index in [9.17, 15) is 14.0 Å². The van der Waals surface area contributed by atoms with Gasteiger partial charge in [0.25, 0.3) is 5.56 Å². The van der Waals surface area contributed by atoms with Crippen LogP contribution in [0.25, 0.3) is 11.0 Å². The van der Waals surface area contributed by atoms with Gasteiger partial charge in [0.15, 0.2) is 5.65 Å². The molecule has 2 aromatic heterocycles. The van der Waals surface area contributed by atoms with Gasteiger partial charge in [0.2, 0.25) is 5.91 Å². The van der Waals surface area contributed by atoms with E-state index in [1.807, 2.05) is 0 Å². The SMILES string of the molecule is O=C(CCc1nc2ncccc2c(=O)n1Cc1ccc(F)cc1)NC1CCCCCC1. The number of nitrogens with zero attached hydrogens (tertiary/aromatic N) is 3. The molecule has 1 aliphatic carbocycles. The normalized spacial score (nSPS) is 15.0. The van der Waals surface area contributed by atoms with Crippen LogP contribution in [-0.2, 0) is 17.8 Å². The largest absolute Gasteiger partial charge is 0.353 e. The van der Waals surface area contributed by atoms with E-state index in [1.54, 1.807) is 35.0 Å². The third-order valence-electron chi connectivity index (χ3n) is 5.86. The van der Waals surface area contributed by atoms with Crippen LogP contribution < -0.4 is 10.9 Å². The van der Waals surface area contributed by atoms with Gasteiger partial charge in [-0.15, -0.1) is 0 Å². The van der Waals surface area contributed by atoms with E-state index in [-0.39, 0.29) is 36.3 Å². The molecule has 1 amide bonds. The molecule has 6 nitrogen and oxygen atoms in total. The van der Waals surface area contributed by atoms with Crippen molar-refractivity contribution in [1.29, 1.82) is 0 Å². The smallest absolute Gasteiger partial charge is 0.263 e. The summed E-state index contributed by atoms with van der Waals surface area (Å²) in [5.74, 6) is 0.166. The zero-order valence-electron chi connectivity index (χ0n) is 17.5. The highest BCUT2D eigenvalue weighted by molar-refractivity contribution is 5.76. The summed E-state index contributed by atoms with van der Waals surface area (Å²) in [7, 11) is 0. The minimum absolute atomic E-state index is 0.0180. The first-order valence-electron chi connectivity index (χ1n) is 11.0. The Balaban J connectivity index is 1.55. The Morgan fingerprint density at radius 3 is 2.58 bits per heavy atom. The monoisotopic (exact) mass is 422 g/mol. The number of carbonyl (C=O) groups excluding carboxylic acids is 1. The summed E-state index contributed by atoms with van der Waals surface area (Å²) in [6, 6.07) is 9.68. The highest BCUT2D eigenvalue weighted by atomic mass is 19.1. The van der Waals surface area contributed by atoms with Crippen LogP contribution in [0.3, 0.4) is 0 Å². The van der Waals surface area contributed by atoms with Gasteiger partial charge in [-0.1, -0.05) is 37.8 Å². The summed E-state index contributed by atoms with van der Waals surface area (Å²) < 4.78 is 14.9. The predicted molar refractivity (Wildman–Crippen MR) is 117 cm³/mol. The van der Waals surface area contributed by atoms with E-state index >= 15 is 0 Å². The van der Waals surface area contributed by atoms with Gasteiger partial charge in [0.05, 0.1) is 11.9 Å². The number of aryl methyl sites for hydroxylation is 1. The quantitative estimate of drug-likeness (QED) is 0.614. The van der Waals surface area contributed by atoms with Crippen molar-refractivity contribution in [2.45, 2.75) is 64.0 Å². The number of benzene rings is 1. The average Bonchev–Trinajstić information content (AvgIpc) is 3.04. The van der Waals surface area contributed by atoms with Crippen LogP contribution in [0.15, 0.2) is 47.4 Å². The van der Waals surface area contributed by atoms with Gasteiger partial charge in [-0.05, 0) is 42.7 Å². The van der Waals surface area contributed by atoms with Gasteiger partial charge >= 0.3 is 0 Å². The van der Waals surface area contributed by atoms with Crippen molar-refractivity contribution in [1.82, 2.24) is 19.9 Å². The van der Waals surface area contributed by atoms with Gasteiger partial charge in [0, 0.05) is 25.1 Å². The number of halogens is 1. The third-order valence-corrected chi connectivity index (χ3v) is 5.86. The number of carbonyl (C=O) groups is 1. The number of fused-ring (bicyclic) bond motifs is 1. The molecule has 162 valence electrons. The molecule has 1 aliphatic rings. The summed E-state index contributed by atoms with van der Waals surface area (Å²) in [4.78, 5) is 34.5. The lowest BCUT2D eigenvalue weighted by Gasteiger charge is -2.17. The first kappa shape index (κ1) is 21.2. The van der Waals surface area contributed by atoms with E-state index in [0.29, 0.717) is 23.3 Å². The molecule has 0 bridgehead atoms. The number of hydrogen-bond acceptors (Lipinski definition) is 4. The summed E-state index contributed by atoms with van der Waals surface area (Å²) in [6.07, 6.45) is 9.01. The van der Waals surface area contributed by atoms with Crippen molar-refractivity contribution in [3.63, 3.8) is 0 Å². The van der Waals surface area contributed by atoms with Gasteiger partial charge in [0.1, 0.15) is 11.6 Å². The summed E-state index contributed by atoms with van der Waals surface area (Å²) in [6.45, 7) is 0.260. The molecule has 0 unspecified atom stereocenters. The maximum atomic E-state index is 13.3. The van der Waals surface area contributed by atoms with Gasteiger partial charge < -0.3 is 5.32 Å². The van der Waals surface area contributed by atoms with Crippen molar-refractivity contribution >= 4 is 16.9 Å². The van der Waals surface area contributed by atoms with E-state index < -0.39 is 0 Å². The molecular weight excluding hydrogens is 395 g/mol. The standard InChI is InChI=1S/C24H27FN4O2/c25-18-11-9-17(10-12-18)16-29-21(28-23-20(24(29)31)8-5-15-26-23)13-14-22(30)27-19-6-3-1-2-4-7-19/h5,8-12,15,19H,1-4,6-7,13-14,16H2,(H,27,30). The van der Waals surface area contributed by atoms with Crippen LogP contribution in [0.2, 0.25) is 0 Å². The van der Waals surface area contributed by atoms with Crippen LogP contribution in [-0.4, -0.2) is 26.5 Å². The summed E-state index contributed by atoms with van der Waals surface area (Å²) in [5, 5.41) is 3.57.